The van der Waals surface area contributed by atoms with E-state index in [1.54, 1.807) is 20.1 Å². The van der Waals surface area contributed by atoms with Gasteiger partial charge in [-0.05, 0) is 27.0 Å². The van der Waals surface area contributed by atoms with Crippen molar-refractivity contribution in [2.75, 3.05) is 18.6 Å². The highest BCUT2D eigenvalue weighted by Crippen LogP contribution is 2.41. The maximum absolute atomic E-state index is 12.9. The number of nitrogens with two attached hydrogens (primary N) is 1. The second kappa shape index (κ2) is 9.53. The van der Waals surface area contributed by atoms with Crippen LogP contribution in [0.5, 0.6) is 0 Å². The summed E-state index contributed by atoms with van der Waals surface area (Å²) in [6, 6.07) is 0. The number of carboxylic acid groups (broad SMARTS) is 1. The number of Topliss-reactive ketones (excluding diaryl/α,β-unsaturated/α-hetero) is 2. The molecule has 1 aliphatic rings. The predicted molar refractivity (Wildman–Crippen MR) is 110 cm³/mol. The van der Waals surface area contributed by atoms with Gasteiger partial charge < -0.3 is 15.7 Å². The standard InChI is InChI=1S/C17H22N4O7S2/c1-8(22)15(29-4)28-21-14(26)9(17(21,2)3)5-11(23)13(20-27-6-12(24)25)10-7-30-16(18)19-10/h7,9,15H,5-6H2,1-4H3,(H2,18,19)(H,24,25)/b20-13-/t9-,15?/m1/s1. The molecule has 1 aromatic rings. The number of rotatable bonds is 11. The molecule has 2 atom stereocenters. The lowest BCUT2D eigenvalue weighted by atomic mass is 9.74. The number of ketones is 2. The smallest absolute Gasteiger partial charge is 0.344 e. The number of thiazole rings is 1. The van der Waals surface area contributed by atoms with Crippen LogP contribution in [0.2, 0.25) is 0 Å². The third-order valence-electron chi connectivity index (χ3n) is 4.38. The zero-order chi connectivity index (χ0) is 22.6. The van der Waals surface area contributed by atoms with Crippen LogP contribution in [-0.2, 0) is 28.9 Å². The Morgan fingerprint density at radius 3 is 2.60 bits per heavy atom. The van der Waals surface area contributed by atoms with Gasteiger partial charge in [-0.25, -0.2) is 19.7 Å². The van der Waals surface area contributed by atoms with Crippen LogP contribution in [0.4, 0.5) is 5.13 Å². The van der Waals surface area contributed by atoms with Crippen molar-refractivity contribution in [3.8, 4) is 0 Å². The van der Waals surface area contributed by atoms with Crippen molar-refractivity contribution in [3.05, 3.63) is 11.1 Å². The van der Waals surface area contributed by atoms with Crippen molar-refractivity contribution < 1.29 is 34.0 Å². The zero-order valence-electron chi connectivity index (χ0n) is 16.8. The molecule has 0 bridgehead atoms. The molecule has 1 fully saturated rings. The molecule has 1 aromatic heterocycles. The van der Waals surface area contributed by atoms with Crippen LogP contribution in [0.3, 0.4) is 0 Å². The first-order valence-corrected chi connectivity index (χ1v) is 10.9. The van der Waals surface area contributed by atoms with Crippen LogP contribution in [-0.4, -0.2) is 68.1 Å². The van der Waals surface area contributed by atoms with Crippen molar-refractivity contribution in [1.82, 2.24) is 10.0 Å². The van der Waals surface area contributed by atoms with Gasteiger partial charge in [-0.3, -0.25) is 14.4 Å². The van der Waals surface area contributed by atoms with Crippen LogP contribution in [0.15, 0.2) is 10.5 Å². The number of hydrogen-bond donors (Lipinski definition) is 2. The fourth-order valence-electron chi connectivity index (χ4n) is 2.78. The SMILES string of the molecule is CSC(ON1C(=O)[C@@H](CC(=O)/C(=N\OCC(=O)O)c2csc(N)n2)C1(C)C)C(C)=O. The Hall–Kier alpha value is -2.51. The van der Waals surface area contributed by atoms with Gasteiger partial charge in [0, 0.05) is 11.8 Å². The number of hydrogen-bond acceptors (Lipinski definition) is 11. The third-order valence-corrected chi connectivity index (χ3v) is 5.90. The third kappa shape index (κ3) is 5.15. The summed E-state index contributed by atoms with van der Waals surface area (Å²) < 4.78 is 0. The Morgan fingerprint density at radius 2 is 2.13 bits per heavy atom. The van der Waals surface area contributed by atoms with Gasteiger partial charge in [0.15, 0.2) is 27.8 Å². The molecule has 11 nitrogen and oxygen atoms in total. The molecule has 0 radical (unpaired) electrons. The van der Waals surface area contributed by atoms with E-state index in [1.165, 1.54) is 12.3 Å². The molecule has 3 N–H and O–H groups in total. The van der Waals surface area contributed by atoms with Crippen LogP contribution in [0, 0.1) is 5.92 Å². The first-order valence-electron chi connectivity index (χ1n) is 8.69. The minimum atomic E-state index is -1.26. The number of hydroxylamine groups is 2. The maximum Gasteiger partial charge on any atom is 0.344 e. The van der Waals surface area contributed by atoms with E-state index in [1.807, 2.05) is 0 Å². The molecule has 30 heavy (non-hydrogen) atoms. The first-order chi connectivity index (χ1) is 14.0. The summed E-state index contributed by atoms with van der Waals surface area (Å²) >= 11 is 2.23. The van der Waals surface area contributed by atoms with E-state index in [9.17, 15) is 19.2 Å². The van der Waals surface area contributed by atoms with Crippen LogP contribution in [0.25, 0.3) is 0 Å². The Bertz CT molecular complexity index is 883. The van der Waals surface area contributed by atoms with E-state index in [4.69, 9.17) is 20.5 Å². The summed E-state index contributed by atoms with van der Waals surface area (Å²) in [4.78, 5) is 61.9. The van der Waals surface area contributed by atoms with E-state index in [2.05, 4.69) is 10.1 Å². The lowest BCUT2D eigenvalue weighted by Crippen LogP contribution is -2.68. The summed E-state index contributed by atoms with van der Waals surface area (Å²) in [6.45, 7) is 4.04. The van der Waals surface area contributed by atoms with Gasteiger partial charge in [-0.1, -0.05) is 5.16 Å². The zero-order valence-corrected chi connectivity index (χ0v) is 18.4. The van der Waals surface area contributed by atoms with Gasteiger partial charge >= 0.3 is 5.97 Å². The molecule has 2 heterocycles. The second-order valence-corrected chi connectivity index (χ2v) is 8.72. The van der Waals surface area contributed by atoms with E-state index in [-0.39, 0.29) is 28.7 Å². The molecular formula is C17H22N4O7S2. The minimum Gasteiger partial charge on any atom is -0.479 e. The molecule has 1 saturated heterocycles. The molecule has 1 unspecified atom stereocenters. The van der Waals surface area contributed by atoms with Gasteiger partial charge in [0.25, 0.3) is 5.91 Å². The van der Waals surface area contributed by atoms with E-state index < -0.39 is 41.2 Å². The number of carbonyl (C=O) groups is 4. The maximum atomic E-state index is 12.9. The Morgan fingerprint density at radius 1 is 1.47 bits per heavy atom. The number of anilines is 1. The van der Waals surface area contributed by atoms with Crippen LogP contribution >= 0.6 is 23.1 Å². The highest BCUT2D eigenvalue weighted by Gasteiger charge is 2.57. The number of carboxylic acids is 1. The number of nitrogen functional groups attached to an aromatic ring is 1. The van der Waals surface area contributed by atoms with Crippen LogP contribution < -0.4 is 5.73 Å². The molecule has 0 spiro atoms. The molecule has 2 rings (SSSR count). The number of aliphatic carboxylic acids is 1. The lowest BCUT2D eigenvalue weighted by Gasteiger charge is -2.52. The van der Waals surface area contributed by atoms with E-state index in [0.29, 0.717) is 0 Å². The number of oxime groups is 1. The fourth-order valence-corrected chi connectivity index (χ4v) is 3.83. The summed E-state index contributed by atoms with van der Waals surface area (Å²) in [6.07, 6.45) is 1.45. The number of nitrogens with zero attached hydrogens (tertiary/aromatic N) is 3. The summed E-state index contributed by atoms with van der Waals surface area (Å²) in [5.41, 5.74) is 3.82. The Balaban J connectivity index is 2.16. The summed E-state index contributed by atoms with van der Waals surface area (Å²) in [5, 5.41) is 15.1. The number of amides is 1. The molecule has 0 aromatic carbocycles. The van der Waals surface area contributed by atoms with Gasteiger partial charge in [-0.15, -0.1) is 23.1 Å². The molecule has 0 aliphatic carbocycles. The van der Waals surface area contributed by atoms with E-state index in [0.717, 1.165) is 28.2 Å². The molecular weight excluding hydrogens is 436 g/mol. The van der Waals surface area contributed by atoms with Crippen molar-refractivity contribution in [3.63, 3.8) is 0 Å². The minimum absolute atomic E-state index is 0.129. The number of thioether (sulfide) groups is 1. The highest BCUT2D eigenvalue weighted by atomic mass is 32.2. The Labute approximate surface area is 180 Å². The normalized spacial score (nSPS) is 19.2. The summed E-state index contributed by atoms with van der Waals surface area (Å²) in [7, 11) is 0. The van der Waals surface area contributed by atoms with Crippen molar-refractivity contribution in [2.45, 2.75) is 38.2 Å². The molecule has 13 heteroatoms. The fraction of sp³-hybridized carbons (Fsp3) is 0.529. The monoisotopic (exact) mass is 458 g/mol. The van der Waals surface area contributed by atoms with Crippen molar-refractivity contribution in [2.24, 2.45) is 11.1 Å². The summed E-state index contributed by atoms with van der Waals surface area (Å²) in [5.74, 6) is -3.25. The number of β-lactam (4-membered cyclic amide) rings is 1. The highest BCUT2D eigenvalue weighted by molar-refractivity contribution is 7.99. The van der Waals surface area contributed by atoms with E-state index >= 15 is 0 Å². The predicted octanol–water partition coefficient (Wildman–Crippen LogP) is 0.936. The number of aromatic nitrogens is 1. The van der Waals surface area contributed by atoms with Gasteiger partial charge in [0.2, 0.25) is 6.61 Å². The molecule has 0 saturated carbocycles. The van der Waals surface area contributed by atoms with Gasteiger partial charge in [-0.2, -0.15) is 0 Å². The average Bonchev–Trinajstić information content (AvgIpc) is 3.08. The molecule has 1 aliphatic heterocycles. The van der Waals surface area contributed by atoms with Gasteiger partial charge in [0.1, 0.15) is 5.69 Å². The lowest BCUT2D eigenvalue weighted by molar-refractivity contribution is -0.269. The molecule has 1 amide bonds. The second-order valence-electron chi connectivity index (χ2n) is 6.93. The van der Waals surface area contributed by atoms with Crippen molar-refractivity contribution >= 4 is 57.4 Å². The first kappa shape index (κ1) is 23.8. The van der Waals surface area contributed by atoms with Gasteiger partial charge in [0.05, 0.1) is 11.5 Å². The topological polar surface area (TPSA) is 161 Å². The van der Waals surface area contributed by atoms with Crippen molar-refractivity contribution in [1.29, 1.82) is 0 Å². The quantitative estimate of drug-likeness (QED) is 0.211. The molecule has 164 valence electrons. The Kier molecular flexibility index (Phi) is 7.55. The average molecular weight is 459 g/mol. The van der Waals surface area contributed by atoms with Crippen LogP contribution in [0.1, 0.15) is 32.9 Å². The number of carbonyl (C=O) groups excluding carboxylic acids is 3. The largest absolute Gasteiger partial charge is 0.479 e.